The Morgan fingerprint density at radius 2 is 1.27 bits per heavy atom. The molecule has 4 nitrogen and oxygen atoms in total. The molecule has 1 saturated carbocycles. The van der Waals surface area contributed by atoms with Gasteiger partial charge >= 0.3 is 0 Å². The summed E-state index contributed by atoms with van der Waals surface area (Å²) in [5.74, 6) is -0.460. The molecule has 0 unspecified atom stereocenters. The van der Waals surface area contributed by atoms with E-state index in [1.807, 2.05) is 30.3 Å². The molecule has 3 aromatic rings. The van der Waals surface area contributed by atoms with Crippen LogP contribution in [0, 0.1) is 11.6 Å². The molecule has 5 rings (SSSR count). The zero-order valence-electron chi connectivity index (χ0n) is 21.0. The molecular formula is C30H34F2N2O2S. The highest BCUT2D eigenvalue weighted by Crippen LogP contribution is 2.37. The van der Waals surface area contributed by atoms with Gasteiger partial charge in [0, 0.05) is 18.0 Å². The first kappa shape index (κ1) is 26.0. The number of hydrogen-bond donors (Lipinski definition) is 0. The molecule has 0 radical (unpaired) electrons. The molecule has 0 bridgehead atoms. The molecule has 0 amide bonds. The molecule has 2 aliphatic rings. The van der Waals surface area contributed by atoms with Gasteiger partial charge in [0.25, 0.3) is 0 Å². The summed E-state index contributed by atoms with van der Waals surface area (Å²) in [6.07, 6.45) is 5.37. The summed E-state index contributed by atoms with van der Waals surface area (Å²) < 4.78 is 55.7. The topological polar surface area (TPSA) is 40.6 Å². The minimum atomic E-state index is -3.49. The van der Waals surface area contributed by atoms with Crippen molar-refractivity contribution < 1.29 is 17.2 Å². The summed E-state index contributed by atoms with van der Waals surface area (Å²) in [5, 5.41) is 0. The lowest BCUT2D eigenvalue weighted by atomic mass is 9.87. The molecule has 0 N–H and O–H groups in total. The smallest absolute Gasteiger partial charge is 0.243 e. The first-order valence-corrected chi connectivity index (χ1v) is 14.7. The van der Waals surface area contributed by atoms with Gasteiger partial charge in [0.1, 0.15) is 11.6 Å². The van der Waals surface area contributed by atoms with Gasteiger partial charge in [-0.05, 0) is 106 Å². The first-order valence-electron chi connectivity index (χ1n) is 13.2. The van der Waals surface area contributed by atoms with Gasteiger partial charge < -0.3 is 4.90 Å². The fourth-order valence-corrected chi connectivity index (χ4v) is 7.52. The zero-order valence-corrected chi connectivity index (χ0v) is 21.8. The normalized spacial score (nSPS) is 17.5. The average molecular weight is 525 g/mol. The zero-order chi connectivity index (χ0) is 25.8. The lowest BCUT2D eigenvalue weighted by molar-refractivity contribution is 0.153. The van der Waals surface area contributed by atoms with Crippen molar-refractivity contribution in [1.29, 1.82) is 0 Å². The lowest BCUT2D eigenvalue weighted by Crippen LogP contribution is -2.48. The van der Waals surface area contributed by atoms with E-state index in [2.05, 4.69) is 4.90 Å². The maximum absolute atomic E-state index is 13.5. The third-order valence-corrected chi connectivity index (χ3v) is 9.67. The molecule has 0 aromatic heterocycles. The Morgan fingerprint density at radius 3 is 1.78 bits per heavy atom. The standard InChI is InChI=1S/C30H34F2N2O2S/c31-25-12-8-23(9-13-25)30(24-10-14-26(32)15-11-24)7-4-20-33-21-18-28(19-22-33)34(27-16-17-27)37(35,36)29-5-2-1-3-6-29/h1-3,5-6,8-15,27-28,30H,4,7,16-22H2. The molecular weight excluding hydrogens is 490 g/mol. The van der Waals surface area contributed by atoms with Crippen LogP contribution in [0.1, 0.15) is 55.6 Å². The molecule has 1 aliphatic heterocycles. The number of halogens is 2. The van der Waals surface area contributed by atoms with Gasteiger partial charge in [-0.15, -0.1) is 0 Å². The number of rotatable bonds is 10. The molecule has 0 atom stereocenters. The van der Waals surface area contributed by atoms with Crippen LogP contribution in [0.15, 0.2) is 83.8 Å². The van der Waals surface area contributed by atoms with E-state index in [4.69, 9.17) is 0 Å². The number of hydrogen-bond acceptors (Lipinski definition) is 3. The quantitative estimate of drug-likeness (QED) is 0.317. The third kappa shape index (κ3) is 6.28. The van der Waals surface area contributed by atoms with Crippen molar-refractivity contribution in [1.82, 2.24) is 9.21 Å². The predicted molar refractivity (Wildman–Crippen MR) is 142 cm³/mol. The van der Waals surface area contributed by atoms with E-state index in [9.17, 15) is 17.2 Å². The largest absolute Gasteiger partial charge is 0.303 e. The second-order valence-corrected chi connectivity index (χ2v) is 12.1. The molecule has 3 aromatic carbocycles. The monoisotopic (exact) mass is 524 g/mol. The Balaban J connectivity index is 1.19. The third-order valence-electron chi connectivity index (χ3n) is 7.65. The van der Waals surface area contributed by atoms with Crippen molar-refractivity contribution in [2.24, 2.45) is 0 Å². The van der Waals surface area contributed by atoms with Gasteiger partial charge in [-0.25, -0.2) is 17.2 Å². The summed E-state index contributed by atoms with van der Waals surface area (Å²) in [5.41, 5.74) is 2.05. The Kier molecular flexibility index (Phi) is 8.03. The van der Waals surface area contributed by atoms with Crippen molar-refractivity contribution in [3.63, 3.8) is 0 Å². The van der Waals surface area contributed by atoms with E-state index < -0.39 is 10.0 Å². The van der Waals surface area contributed by atoms with Crippen LogP contribution in [0.5, 0.6) is 0 Å². The van der Waals surface area contributed by atoms with Crippen LogP contribution in [-0.2, 0) is 10.0 Å². The fraction of sp³-hybridized carbons (Fsp3) is 0.400. The van der Waals surface area contributed by atoms with E-state index in [-0.39, 0.29) is 29.6 Å². The van der Waals surface area contributed by atoms with Crippen LogP contribution in [0.2, 0.25) is 0 Å². The summed E-state index contributed by atoms with van der Waals surface area (Å²) in [4.78, 5) is 2.81. The fourth-order valence-electron chi connectivity index (χ4n) is 5.57. The maximum atomic E-state index is 13.5. The van der Waals surface area contributed by atoms with Crippen molar-refractivity contribution >= 4 is 10.0 Å². The first-order chi connectivity index (χ1) is 17.9. The number of sulfonamides is 1. The number of piperidine rings is 1. The van der Waals surface area contributed by atoms with Crippen LogP contribution in [-0.4, -0.2) is 49.3 Å². The Hall–Kier alpha value is -2.61. The van der Waals surface area contributed by atoms with E-state index in [1.54, 1.807) is 28.6 Å². The molecule has 0 spiro atoms. The van der Waals surface area contributed by atoms with Crippen molar-refractivity contribution in [3.05, 3.63) is 102 Å². The Labute approximate surface area is 219 Å². The summed E-state index contributed by atoms with van der Waals surface area (Å²) in [7, 11) is -3.49. The minimum Gasteiger partial charge on any atom is -0.303 e. The highest BCUT2D eigenvalue weighted by Gasteiger charge is 2.43. The highest BCUT2D eigenvalue weighted by atomic mass is 32.2. The van der Waals surface area contributed by atoms with Crippen molar-refractivity contribution in [2.45, 2.75) is 61.4 Å². The molecule has 7 heteroatoms. The van der Waals surface area contributed by atoms with Gasteiger partial charge in [0.15, 0.2) is 0 Å². The van der Waals surface area contributed by atoms with Crippen molar-refractivity contribution in [3.8, 4) is 0 Å². The minimum absolute atomic E-state index is 0.0418. The highest BCUT2D eigenvalue weighted by molar-refractivity contribution is 7.89. The predicted octanol–water partition coefficient (Wildman–Crippen LogP) is 6.19. The summed E-state index contributed by atoms with van der Waals surface area (Å²) in [6.45, 7) is 2.66. The second kappa shape index (κ2) is 11.4. The summed E-state index contributed by atoms with van der Waals surface area (Å²) in [6, 6.07) is 22.1. The Bertz CT molecular complexity index is 1210. The number of likely N-dealkylation sites (tertiary alicyclic amines) is 1. The molecule has 1 heterocycles. The molecule has 2 fully saturated rings. The van der Waals surface area contributed by atoms with Gasteiger partial charge in [-0.1, -0.05) is 42.5 Å². The summed E-state index contributed by atoms with van der Waals surface area (Å²) >= 11 is 0. The van der Waals surface area contributed by atoms with E-state index in [0.717, 1.165) is 69.3 Å². The van der Waals surface area contributed by atoms with Crippen molar-refractivity contribution in [2.75, 3.05) is 19.6 Å². The van der Waals surface area contributed by atoms with Gasteiger partial charge in [-0.3, -0.25) is 0 Å². The van der Waals surface area contributed by atoms with Crippen LogP contribution >= 0.6 is 0 Å². The molecule has 1 saturated heterocycles. The maximum Gasteiger partial charge on any atom is 0.243 e. The molecule has 196 valence electrons. The lowest BCUT2D eigenvalue weighted by Gasteiger charge is -2.38. The average Bonchev–Trinajstić information content (AvgIpc) is 3.74. The molecule has 37 heavy (non-hydrogen) atoms. The molecule has 1 aliphatic carbocycles. The van der Waals surface area contributed by atoms with E-state index in [1.165, 1.54) is 24.3 Å². The van der Waals surface area contributed by atoms with E-state index >= 15 is 0 Å². The van der Waals surface area contributed by atoms with E-state index in [0.29, 0.717) is 4.90 Å². The van der Waals surface area contributed by atoms with Gasteiger partial charge in [0.2, 0.25) is 10.0 Å². The van der Waals surface area contributed by atoms with Crippen LogP contribution in [0.25, 0.3) is 0 Å². The van der Waals surface area contributed by atoms with Gasteiger partial charge in [0.05, 0.1) is 4.90 Å². The SMILES string of the molecule is O=S(=O)(c1ccccc1)N(C1CC1)C1CCN(CCCC(c2ccc(F)cc2)c2ccc(F)cc2)CC1. The number of benzene rings is 3. The van der Waals surface area contributed by atoms with Crippen LogP contribution in [0.4, 0.5) is 8.78 Å². The van der Waals surface area contributed by atoms with Crippen LogP contribution < -0.4 is 0 Å². The van der Waals surface area contributed by atoms with Gasteiger partial charge in [-0.2, -0.15) is 4.31 Å². The Morgan fingerprint density at radius 1 is 0.757 bits per heavy atom. The number of nitrogens with zero attached hydrogens (tertiary/aromatic N) is 2. The second-order valence-electron chi connectivity index (χ2n) is 10.2. The van der Waals surface area contributed by atoms with Crippen LogP contribution in [0.3, 0.4) is 0 Å².